The molecule has 0 aromatic heterocycles. The predicted molar refractivity (Wildman–Crippen MR) is 73.9 cm³/mol. The number of nitrogens with two attached hydrogens (primary N) is 1. The van der Waals surface area contributed by atoms with Crippen LogP contribution < -0.4 is 5.73 Å². The van der Waals surface area contributed by atoms with Crippen molar-refractivity contribution < 1.29 is 23.1 Å². The Labute approximate surface area is 121 Å². The van der Waals surface area contributed by atoms with E-state index in [1.807, 2.05) is 0 Å². The lowest BCUT2D eigenvalue weighted by Gasteiger charge is -2.09. The van der Waals surface area contributed by atoms with Crippen LogP contribution in [0.1, 0.15) is 30.4 Å². The first-order chi connectivity index (χ1) is 9.99. The second-order valence-corrected chi connectivity index (χ2v) is 4.42. The van der Waals surface area contributed by atoms with Crippen LogP contribution in [-0.4, -0.2) is 30.6 Å². The lowest BCUT2D eigenvalue weighted by atomic mass is 10.0. The summed E-state index contributed by atoms with van der Waals surface area (Å²) >= 11 is 0. The van der Waals surface area contributed by atoms with Crippen LogP contribution in [0.2, 0.25) is 0 Å². The van der Waals surface area contributed by atoms with E-state index in [1.54, 1.807) is 0 Å². The third-order valence-electron chi connectivity index (χ3n) is 2.75. The molecule has 7 heteroatoms. The van der Waals surface area contributed by atoms with Crippen molar-refractivity contribution in [3.63, 3.8) is 0 Å². The van der Waals surface area contributed by atoms with Crippen molar-refractivity contribution >= 4 is 5.71 Å². The Hall–Kier alpha value is -1.60. The molecule has 0 unspecified atom stereocenters. The molecule has 0 saturated heterocycles. The summed E-state index contributed by atoms with van der Waals surface area (Å²) in [5.41, 5.74) is 5.70. The molecule has 21 heavy (non-hydrogen) atoms. The molecule has 0 saturated carbocycles. The lowest BCUT2D eigenvalue weighted by Crippen LogP contribution is -2.09. The molecule has 0 aliphatic rings. The topological polar surface area (TPSA) is 67.8 Å². The molecule has 1 rings (SSSR count). The van der Waals surface area contributed by atoms with Gasteiger partial charge in [0.05, 0.1) is 11.3 Å². The molecule has 0 atom stereocenters. The average molecular weight is 304 g/mol. The highest BCUT2D eigenvalue weighted by Gasteiger charge is 2.30. The number of aliphatic hydroxyl groups excluding tert-OH is 1. The molecule has 0 bridgehead atoms. The SMILES string of the molecule is NCCON=C(CCCCO)c1ccc(C(F)(F)F)cc1. The summed E-state index contributed by atoms with van der Waals surface area (Å²) in [5.74, 6) is 0. The van der Waals surface area contributed by atoms with Gasteiger partial charge in [-0.05, 0) is 37.0 Å². The van der Waals surface area contributed by atoms with Crippen LogP contribution in [0.5, 0.6) is 0 Å². The third kappa shape index (κ3) is 6.14. The lowest BCUT2D eigenvalue weighted by molar-refractivity contribution is -0.137. The Morgan fingerprint density at radius 1 is 1.19 bits per heavy atom. The summed E-state index contributed by atoms with van der Waals surface area (Å²) in [4.78, 5) is 5.01. The van der Waals surface area contributed by atoms with Crippen LogP contribution >= 0.6 is 0 Å². The fourth-order valence-electron chi connectivity index (χ4n) is 1.67. The zero-order valence-electron chi connectivity index (χ0n) is 11.6. The molecule has 0 aliphatic heterocycles. The third-order valence-corrected chi connectivity index (χ3v) is 2.75. The summed E-state index contributed by atoms with van der Waals surface area (Å²) in [6.07, 6.45) is -2.59. The Morgan fingerprint density at radius 3 is 2.38 bits per heavy atom. The number of nitrogens with zero attached hydrogens (tertiary/aromatic N) is 1. The molecule has 0 aliphatic carbocycles. The van der Waals surface area contributed by atoms with Gasteiger partial charge in [-0.2, -0.15) is 13.2 Å². The van der Waals surface area contributed by atoms with E-state index in [0.717, 1.165) is 12.1 Å². The summed E-state index contributed by atoms with van der Waals surface area (Å²) in [6.45, 7) is 0.606. The molecule has 0 heterocycles. The molecule has 0 fully saturated rings. The monoisotopic (exact) mass is 304 g/mol. The van der Waals surface area contributed by atoms with Crippen molar-refractivity contribution in [1.82, 2.24) is 0 Å². The number of alkyl halides is 3. The second kappa shape index (κ2) is 8.63. The molecule has 3 N–H and O–H groups in total. The van der Waals surface area contributed by atoms with E-state index in [-0.39, 0.29) is 13.2 Å². The van der Waals surface area contributed by atoms with Crippen molar-refractivity contribution in [3.05, 3.63) is 35.4 Å². The normalized spacial score (nSPS) is 12.5. The van der Waals surface area contributed by atoms with Crippen LogP contribution in [-0.2, 0) is 11.0 Å². The molecular formula is C14H19F3N2O2. The van der Waals surface area contributed by atoms with Crippen LogP contribution in [0.15, 0.2) is 29.4 Å². The van der Waals surface area contributed by atoms with Crippen molar-refractivity contribution in [3.8, 4) is 0 Å². The number of halogens is 3. The van der Waals surface area contributed by atoms with Gasteiger partial charge in [-0.3, -0.25) is 0 Å². The zero-order chi connectivity index (χ0) is 15.7. The Balaban J connectivity index is 2.83. The fourth-order valence-corrected chi connectivity index (χ4v) is 1.67. The molecule has 0 amide bonds. The van der Waals surface area contributed by atoms with Gasteiger partial charge in [0.25, 0.3) is 0 Å². The fraction of sp³-hybridized carbons (Fsp3) is 0.500. The molecule has 0 radical (unpaired) electrons. The van der Waals surface area contributed by atoms with E-state index in [0.29, 0.717) is 37.1 Å². The number of unbranched alkanes of at least 4 members (excludes halogenated alkanes) is 1. The van der Waals surface area contributed by atoms with E-state index in [4.69, 9.17) is 15.7 Å². The van der Waals surface area contributed by atoms with Gasteiger partial charge < -0.3 is 15.7 Å². The van der Waals surface area contributed by atoms with E-state index >= 15 is 0 Å². The largest absolute Gasteiger partial charge is 0.416 e. The van der Waals surface area contributed by atoms with Gasteiger partial charge in [-0.15, -0.1) is 0 Å². The number of oxime groups is 1. The minimum absolute atomic E-state index is 0.0595. The zero-order valence-corrected chi connectivity index (χ0v) is 11.6. The average Bonchev–Trinajstić information content (AvgIpc) is 2.45. The van der Waals surface area contributed by atoms with Gasteiger partial charge in [-0.1, -0.05) is 17.3 Å². The first kappa shape index (κ1) is 17.5. The minimum Gasteiger partial charge on any atom is -0.396 e. The van der Waals surface area contributed by atoms with Crippen molar-refractivity contribution in [1.29, 1.82) is 0 Å². The smallest absolute Gasteiger partial charge is 0.396 e. The maximum Gasteiger partial charge on any atom is 0.416 e. The number of rotatable bonds is 8. The number of benzene rings is 1. The van der Waals surface area contributed by atoms with Crippen LogP contribution in [0.25, 0.3) is 0 Å². The Morgan fingerprint density at radius 2 is 1.86 bits per heavy atom. The molecule has 1 aromatic carbocycles. The maximum absolute atomic E-state index is 12.5. The molecular weight excluding hydrogens is 285 g/mol. The highest BCUT2D eigenvalue weighted by Crippen LogP contribution is 2.29. The molecule has 0 spiro atoms. The number of hydrogen-bond donors (Lipinski definition) is 2. The van der Waals surface area contributed by atoms with Gasteiger partial charge in [0, 0.05) is 13.2 Å². The van der Waals surface area contributed by atoms with Crippen molar-refractivity contribution in [2.75, 3.05) is 19.8 Å². The van der Waals surface area contributed by atoms with E-state index < -0.39 is 11.7 Å². The van der Waals surface area contributed by atoms with E-state index in [1.165, 1.54) is 12.1 Å². The van der Waals surface area contributed by atoms with Gasteiger partial charge in [0.15, 0.2) is 0 Å². The van der Waals surface area contributed by atoms with Crippen molar-refractivity contribution in [2.45, 2.75) is 25.4 Å². The number of aliphatic hydroxyl groups is 1. The molecule has 118 valence electrons. The van der Waals surface area contributed by atoms with Gasteiger partial charge >= 0.3 is 6.18 Å². The Kier molecular flexibility index (Phi) is 7.18. The van der Waals surface area contributed by atoms with Gasteiger partial charge in [-0.25, -0.2) is 0 Å². The standard InChI is InChI=1S/C14H19F3N2O2/c15-14(16,17)12-6-4-11(5-7-12)13(3-1-2-9-20)19-21-10-8-18/h4-7,20H,1-3,8-10,18H2. The van der Waals surface area contributed by atoms with Gasteiger partial charge in [0.2, 0.25) is 0 Å². The Bertz CT molecular complexity index is 445. The maximum atomic E-state index is 12.5. The summed E-state index contributed by atoms with van der Waals surface area (Å²) in [5, 5.41) is 12.7. The highest BCUT2D eigenvalue weighted by molar-refractivity contribution is 6.00. The molecule has 4 nitrogen and oxygen atoms in total. The van der Waals surface area contributed by atoms with E-state index in [2.05, 4.69) is 5.16 Å². The first-order valence-electron chi connectivity index (χ1n) is 6.66. The van der Waals surface area contributed by atoms with Crippen LogP contribution in [0.4, 0.5) is 13.2 Å². The van der Waals surface area contributed by atoms with Crippen LogP contribution in [0, 0.1) is 0 Å². The van der Waals surface area contributed by atoms with Crippen molar-refractivity contribution in [2.24, 2.45) is 10.9 Å². The predicted octanol–water partition coefficient (Wildman–Crippen LogP) is 2.55. The van der Waals surface area contributed by atoms with E-state index in [9.17, 15) is 13.2 Å². The first-order valence-corrected chi connectivity index (χ1v) is 6.66. The minimum atomic E-state index is -4.36. The summed E-state index contributed by atoms with van der Waals surface area (Å²) < 4.78 is 37.6. The molecule has 1 aromatic rings. The van der Waals surface area contributed by atoms with Gasteiger partial charge in [0.1, 0.15) is 6.61 Å². The second-order valence-electron chi connectivity index (χ2n) is 4.42. The summed E-state index contributed by atoms with van der Waals surface area (Å²) in [7, 11) is 0. The van der Waals surface area contributed by atoms with Crippen LogP contribution in [0.3, 0.4) is 0 Å². The summed E-state index contributed by atoms with van der Waals surface area (Å²) in [6, 6.07) is 4.76. The highest BCUT2D eigenvalue weighted by atomic mass is 19.4. The quantitative estimate of drug-likeness (QED) is 0.440. The number of hydrogen-bond acceptors (Lipinski definition) is 4.